The number of amides is 2. The number of nitrogens with one attached hydrogen (secondary N) is 1. The van der Waals surface area contributed by atoms with Crippen LogP contribution in [0.1, 0.15) is 36.7 Å². The van der Waals surface area contributed by atoms with Crippen LogP contribution in [0.3, 0.4) is 0 Å². The zero-order chi connectivity index (χ0) is 22.2. The quantitative estimate of drug-likeness (QED) is 0.533. The van der Waals surface area contributed by atoms with Crippen molar-refractivity contribution in [1.82, 2.24) is 10.2 Å². The summed E-state index contributed by atoms with van der Waals surface area (Å²) < 4.78 is 5.76. The molecular formula is C26H28N2O3. The van der Waals surface area contributed by atoms with Crippen LogP contribution in [-0.4, -0.2) is 36.4 Å². The molecule has 0 fully saturated rings. The smallest absolute Gasteiger partial charge is 0.270 e. The van der Waals surface area contributed by atoms with Gasteiger partial charge in [0.2, 0.25) is 0 Å². The highest BCUT2D eigenvalue weighted by atomic mass is 16.5. The number of benzene rings is 3. The Labute approximate surface area is 183 Å². The van der Waals surface area contributed by atoms with Crippen LogP contribution in [-0.2, 0) is 4.79 Å². The van der Waals surface area contributed by atoms with E-state index in [1.165, 1.54) is 0 Å². The maximum atomic E-state index is 13.2. The van der Waals surface area contributed by atoms with E-state index in [0.717, 1.165) is 22.1 Å². The molecule has 0 aliphatic carbocycles. The van der Waals surface area contributed by atoms with E-state index in [2.05, 4.69) is 5.32 Å². The fourth-order valence-corrected chi connectivity index (χ4v) is 3.47. The van der Waals surface area contributed by atoms with E-state index >= 15 is 0 Å². The predicted octanol–water partition coefficient (Wildman–Crippen LogP) is 4.88. The maximum Gasteiger partial charge on any atom is 0.270 e. The van der Waals surface area contributed by atoms with Crippen LogP contribution in [0.15, 0.2) is 72.4 Å². The lowest BCUT2D eigenvalue weighted by molar-refractivity contribution is -0.127. The van der Waals surface area contributed by atoms with Crippen molar-refractivity contribution in [1.29, 1.82) is 0 Å². The van der Waals surface area contributed by atoms with Crippen LogP contribution in [0.25, 0.3) is 16.8 Å². The molecule has 3 rings (SSSR count). The molecule has 0 aliphatic heterocycles. The summed E-state index contributed by atoms with van der Waals surface area (Å²) in [6, 6.07) is 20.6. The molecule has 0 aromatic heterocycles. The van der Waals surface area contributed by atoms with E-state index in [-0.39, 0.29) is 17.5 Å². The molecular weight excluding hydrogens is 388 g/mol. The molecule has 0 radical (unpaired) electrons. The Morgan fingerprint density at radius 3 is 2.16 bits per heavy atom. The number of hydrogen-bond donors (Lipinski definition) is 1. The number of rotatable bonds is 8. The number of ether oxygens (including phenoxy) is 1. The second kappa shape index (κ2) is 10.4. The Morgan fingerprint density at radius 1 is 0.871 bits per heavy atom. The zero-order valence-corrected chi connectivity index (χ0v) is 18.2. The number of nitrogens with zero attached hydrogens (tertiary/aromatic N) is 1. The summed E-state index contributed by atoms with van der Waals surface area (Å²) in [6.45, 7) is 7.46. The van der Waals surface area contributed by atoms with Crippen LogP contribution in [0.4, 0.5) is 0 Å². The van der Waals surface area contributed by atoms with Crippen LogP contribution < -0.4 is 10.1 Å². The van der Waals surface area contributed by atoms with Gasteiger partial charge in [-0.15, -0.1) is 0 Å². The van der Waals surface area contributed by atoms with Gasteiger partial charge in [-0.25, -0.2) is 0 Å². The minimum absolute atomic E-state index is 0.216. The molecule has 5 nitrogen and oxygen atoms in total. The molecule has 0 unspecified atom stereocenters. The lowest BCUT2D eigenvalue weighted by atomic mass is 10.0. The van der Waals surface area contributed by atoms with Crippen LogP contribution in [0.5, 0.6) is 5.75 Å². The number of carbonyl (C=O) groups excluding carboxylic acids is 2. The van der Waals surface area contributed by atoms with E-state index in [1.807, 2.05) is 63.2 Å². The Morgan fingerprint density at radius 2 is 1.52 bits per heavy atom. The summed E-state index contributed by atoms with van der Waals surface area (Å²) in [4.78, 5) is 27.7. The molecule has 3 aromatic carbocycles. The first kappa shape index (κ1) is 22.1. The minimum atomic E-state index is -0.317. The molecule has 1 N–H and O–H groups in total. The van der Waals surface area contributed by atoms with Gasteiger partial charge in [0.25, 0.3) is 11.8 Å². The third-order valence-electron chi connectivity index (χ3n) is 5.08. The summed E-state index contributed by atoms with van der Waals surface area (Å²) in [6.07, 6.45) is 1.75. The second-order valence-electron chi connectivity index (χ2n) is 6.99. The van der Waals surface area contributed by atoms with E-state index < -0.39 is 0 Å². The van der Waals surface area contributed by atoms with Crippen molar-refractivity contribution >= 4 is 28.7 Å². The second-order valence-corrected chi connectivity index (χ2v) is 6.99. The standard InChI is InChI=1S/C26H28N2O3/c1-4-28(5-2)26(30)23(27-25(29)19-12-8-7-9-13-19)18-20-16-17-24(31-6-3)22-15-11-10-14-21(20)22/h7-18H,4-6H2,1-3H3,(H,27,29)/b23-18-. The van der Waals surface area contributed by atoms with Crippen molar-refractivity contribution < 1.29 is 14.3 Å². The number of fused-ring (bicyclic) bond motifs is 1. The largest absolute Gasteiger partial charge is 0.493 e. The van der Waals surface area contributed by atoms with Gasteiger partial charge in [0.15, 0.2) is 0 Å². The van der Waals surface area contributed by atoms with Gasteiger partial charge in [-0.05, 0) is 56.0 Å². The Kier molecular flexibility index (Phi) is 7.44. The number of carbonyl (C=O) groups is 2. The van der Waals surface area contributed by atoms with Crippen LogP contribution in [0.2, 0.25) is 0 Å². The Hall–Kier alpha value is -3.60. The molecule has 0 atom stereocenters. The van der Waals surface area contributed by atoms with E-state index in [4.69, 9.17) is 4.74 Å². The topological polar surface area (TPSA) is 58.6 Å². The van der Waals surface area contributed by atoms with Gasteiger partial charge in [-0.2, -0.15) is 0 Å². The summed E-state index contributed by atoms with van der Waals surface area (Å²) >= 11 is 0. The van der Waals surface area contributed by atoms with Gasteiger partial charge in [0.1, 0.15) is 11.4 Å². The van der Waals surface area contributed by atoms with Crippen molar-refractivity contribution in [3.63, 3.8) is 0 Å². The molecule has 2 amide bonds. The summed E-state index contributed by atoms with van der Waals surface area (Å²) in [5, 5.41) is 4.75. The number of likely N-dealkylation sites (N-methyl/N-ethyl adjacent to an activating group) is 1. The van der Waals surface area contributed by atoms with Gasteiger partial charge in [-0.1, -0.05) is 48.5 Å². The fraction of sp³-hybridized carbons (Fsp3) is 0.231. The summed E-state index contributed by atoms with van der Waals surface area (Å²) in [5.41, 5.74) is 1.58. The monoisotopic (exact) mass is 416 g/mol. The molecule has 0 saturated carbocycles. The van der Waals surface area contributed by atoms with Crippen molar-refractivity contribution in [2.75, 3.05) is 19.7 Å². The minimum Gasteiger partial charge on any atom is -0.493 e. The first-order valence-electron chi connectivity index (χ1n) is 10.6. The van der Waals surface area contributed by atoms with E-state index in [0.29, 0.717) is 25.3 Å². The normalized spacial score (nSPS) is 11.3. The Balaban J connectivity index is 2.07. The molecule has 0 saturated heterocycles. The average Bonchev–Trinajstić information content (AvgIpc) is 2.81. The molecule has 0 bridgehead atoms. The van der Waals surface area contributed by atoms with Crippen molar-refractivity contribution in [3.05, 3.63) is 83.6 Å². The van der Waals surface area contributed by atoms with E-state index in [1.54, 1.807) is 35.2 Å². The van der Waals surface area contributed by atoms with Crippen molar-refractivity contribution in [2.45, 2.75) is 20.8 Å². The molecule has 3 aromatic rings. The Bertz CT molecular complexity index is 1090. The zero-order valence-electron chi connectivity index (χ0n) is 18.2. The highest BCUT2D eigenvalue weighted by Gasteiger charge is 2.19. The molecule has 0 heterocycles. The van der Waals surface area contributed by atoms with Gasteiger partial charge in [-0.3, -0.25) is 9.59 Å². The molecule has 31 heavy (non-hydrogen) atoms. The van der Waals surface area contributed by atoms with E-state index in [9.17, 15) is 9.59 Å². The van der Waals surface area contributed by atoms with Gasteiger partial charge in [0.05, 0.1) is 6.61 Å². The molecule has 5 heteroatoms. The molecule has 160 valence electrons. The first-order valence-corrected chi connectivity index (χ1v) is 10.6. The van der Waals surface area contributed by atoms with Gasteiger partial charge >= 0.3 is 0 Å². The van der Waals surface area contributed by atoms with Gasteiger partial charge in [0, 0.05) is 24.0 Å². The fourth-order valence-electron chi connectivity index (χ4n) is 3.47. The highest BCUT2D eigenvalue weighted by molar-refractivity contribution is 6.07. The summed E-state index contributed by atoms with van der Waals surface area (Å²) in [7, 11) is 0. The van der Waals surface area contributed by atoms with Crippen LogP contribution in [0, 0.1) is 0 Å². The molecule has 0 aliphatic rings. The van der Waals surface area contributed by atoms with Crippen LogP contribution >= 0.6 is 0 Å². The predicted molar refractivity (Wildman–Crippen MR) is 125 cm³/mol. The number of hydrogen-bond acceptors (Lipinski definition) is 3. The molecule has 0 spiro atoms. The van der Waals surface area contributed by atoms with Crippen molar-refractivity contribution in [3.8, 4) is 5.75 Å². The van der Waals surface area contributed by atoms with Gasteiger partial charge < -0.3 is 15.0 Å². The maximum absolute atomic E-state index is 13.2. The third-order valence-corrected chi connectivity index (χ3v) is 5.08. The highest BCUT2D eigenvalue weighted by Crippen LogP contribution is 2.30. The summed E-state index contributed by atoms with van der Waals surface area (Å²) in [5.74, 6) is 0.259. The van der Waals surface area contributed by atoms with Crippen molar-refractivity contribution in [2.24, 2.45) is 0 Å². The average molecular weight is 417 g/mol. The first-order chi connectivity index (χ1) is 15.1. The third kappa shape index (κ3) is 5.12. The SMILES string of the molecule is CCOc1ccc(/C=C(\NC(=O)c2ccccc2)C(=O)N(CC)CC)c2ccccc12. The lowest BCUT2D eigenvalue weighted by Gasteiger charge is -2.21. The lowest BCUT2D eigenvalue weighted by Crippen LogP contribution is -2.38.